The van der Waals surface area contributed by atoms with Gasteiger partial charge in [-0.1, -0.05) is 152 Å². The van der Waals surface area contributed by atoms with Crippen LogP contribution in [-0.2, 0) is 0 Å². The van der Waals surface area contributed by atoms with Crippen LogP contribution in [0, 0.1) is 0 Å². The monoisotopic (exact) mass is 638 g/mol. The molecule has 0 aliphatic heterocycles. The molecule has 0 aliphatic carbocycles. The van der Waals surface area contributed by atoms with Gasteiger partial charge in [-0.15, -0.1) is 0 Å². The Kier molecular flexibility index (Phi) is 6.46. The first-order valence-electron chi connectivity index (χ1n) is 16.9. The number of hydrogen-bond acceptors (Lipinski definition) is 2. The van der Waals surface area contributed by atoms with Crippen molar-refractivity contribution in [1.29, 1.82) is 0 Å². The maximum atomic E-state index is 5.32. The van der Waals surface area contributed by atoms with Crippen molar-refractivity contribution < 1.29 is 0 Å². The van der Waals surface area contributed by atoms with Crippen LogP contribution in [0.3, 0.4) is 0 Å². The predicted octanol–water partition coefficient (Wildman–Crippen LogP) is 11.7. The third kappa shape index (κ3) is 4.46. The number of benzene rings is 7. The van der Waals surface area contributed by atoms with Crippen molar-refractivity contribution in [2.24, 2.45) is 0 Å². The summed E-state index contributed by atoms with van der Waals surface area (Å²) in [4.78, 5) is 10.6. The maximum absolute atomic E-state index is 5.32. The average Bonchev–Trinajstić information content (AvgIpc) is 3.72. The van der Waals surface area contributed by atoms with E-state index in [9.17, 15) is 0 Å². The van der Waals surface area contributed by atoms with Crippen molar-refractivity contribution in [3.05, 3.63) is 182 Å². The minimum Gasteiger partial charge on any atom is -0.307 e. The van der Waals surface area contributed by atoms with Gasteiger partial charge < -0.3 is 4.57 Å². The summed E-state index contributed by atoms with van der Waals surface area (Å²) in [6.07, 6.45) is 0. The molecule has 0 N–H and O–H groups in total. The van der Waals surface area contributed by atoms with Gasteiger partial charge in [-0.05, 0) is 41.5 Å². The molecule has 0 saturated heterocycles. The summed E-state index contributed by atoms with van der Waals surface area (Å²) in [5, 5.41) is 4.72. The zero-order chi connectivity index (χ0) is 33.0. The normalized spacial score (nSPS) is 11.6. The average molecular weight is 639 g/mol. The second-order valence-corrected chi connectivity index (χ2v) is 12.6. The van der Waals surface area contributed by atoms with E-state index in [4.69, 9.17) is 9.97 Å². The van der Waals surface area contributed by atoms with Crippen LogP contribution in [0.25, 0.3) is 88.9 Å². The minimum atomic E-state index is 0.639. The molecule has 7 aromatic carbocycles. The molecular formula is C46H30N4. The van der Waals surface area contributed by atoms with E-state index in [1.54, 1.807) is 0 Å². The lowest BCUT2D eigenvalue weighted by Gasteiger charge is -2.14. The Labute approximate surface area is 289 Å². The summed E-state index contributed by atoms with van der Waals surface area (Å²) in [6.45, 7) is 0. The Bertz CT molecular complexity index is 2770. The Balaban J connectivity index is 1.32. The Hall–Kier alpha value is -6.78. The zero-order valence-electron chi connectivity index (χ0n) is 27.1. The van der Waals surface area contributed by atoms with Crippen LogP contribution >= 0.6 is 0 Å². The molecule has 0 atom stereocenters. The van der Waals surface area contributed by atoms with Gasteiger partial charge in [-0.3, -0.25) is 4.57 Å². The van der Waals surface area contributed by atoms with Gasteiger partial charge in [0.1, 0.15) is 0 Å². The molecule has 50 heavy (non-hydrogen) atoms. The third-order valence-electron chi connectivity index (χ3n) is 9.75. The van der Waals surface area contributed by atoms with E-state index in [1.165, 1.54) is 21.9 Å². The molecule has 0 fully saturated rings. The van der Waals surface area contributed by atoms with Gasteiger partial charge >= 0.3 is 0 Å². The van der Waals surface area contributed by atoms with E-state index >= 15 is 0 Å². The fourth-order valence-corrected chi connectivity index (χ4v) is 7.46. The van der Waals surface area contributed by atoms with Crippen LogP contribution in [-0.4, -0.2) is 19.1 Å². The zero-order valence-corrected chi connectivity index (χ0v) is 27.1. The summed E-state index contributed by atoms with van der Waals surface area (Å²) < 4.78 is 4.69. The molecule has 0 bridgehead atoms. The topological polar surface area (TPSA) is 35.6 Å². The lowest BCUT2D eigenvalue weighted by molar-refractivity contribution is 0.995. The van der Waals surface area contributed by atoms with E-state index in [2.05, 4.69) is 179 Å². The van der Waals surface area contributed by atoms with E-state index in [0.29, 0.717) is 5.95 Å². The summed E-state index contributed by atoms with van der Waals surface area (Å²) in [5.74, 6) is 0.639. The van der Waals surface area contributed by atoms with Gasteiger partial charge in [0.2, 0.25) is 5.95 Å². The van der Waals surface area contributed by atoms with Crippen LogP contribution in [0.5, 0.6) is 0 Å². The molecule has 234 valence electrons. The molecular weight excluding hydrogens is 609 g/mol. The molecule has 3 aromatic heterocycles. The fourth-order valence-electron chi connectivity index (χ4n) is 7.46. The Morgan fingerprint density at radius 2 is 0.740 bits per heavy atom. The second kappa shape index (κ2) is 11.4. The molecule has 4 nitrogen and oxygen atoms in total. The van der Waals surface area contributed by atoms with Crippen molar-refractivity contribution in [1.82, 2.24) is 19.1 Å². The van der Waals surface area contributed by atoms with Crippen molar-refractivity contribution in [2.75, 3.05) is 0 Å². The van der Waals surface area contributed by atoms with Crippen molar-refractivity contribution in [2.45, 2.75) is 0 Å². The number of para-hydroxylation sites is 2. The summed E-state index contributed by atoms with van der Waals surface area (Å²) >= 11 is 0. The maximum Gasteiger partial charge on any atom is 0.235 e. The van der Waals surface area contributed by atoms with Gasteiger partial charge in [-0.2, -0.15) is 0 Å². The van der Waals surface area contributed by atoms with Gasteiger partial charge in [0.05, 0.1) is 33.5 Å². The third-order valence-corrected chi connectivity index (χ3v) is 9.75. The molecule has 10 rings (SSSR count). The SMILES string of the molecule is c1ccc(-c2ccc(-n3c4ccccc4c4ccc5c6ccccc6n(-c6nc(-c7ccccc7)cc(-c7ccccc7)n6)c5c43)cc2)cc1. The van der Waals surface area contributed by atoms with Crippen molar-refractivity contribution in [3.63, 3.8) is 0 Å². The number of nitrogens with zero attached hydrogens (tertiary/aromatic N) is 4. The first kappa shape index (κ1) is 28.3. The number of aromatic nitrogens is 4. The van der Waals surface area contributed by atoms with Crippen LogP contribution in [0.1, 0.15) is 0 Å². The molecule has 3 heterocycles. The van der Waals surface area contributed by atoms with Crippen molar-refractivity contribution in [3.8, 4) is 45.3 Å². The van der Waals surface area contributed by atoms with Crippen molar-refractivity contribution >= 4 is 43.6 Å². The van der Waals surface area contributed by atoms with E-state index in [1.807, 2.05) is 12.1 Å². The molecule has 4 heteroatoms. The van der Waals surface area contributed by atoms with Gasteiger partial charge in [0.25, 0.3) is 0 Å². The standard InChI is InChI=1S/C46H30N4/c1-4-14-31(15-5-1)32-24-26-35(27-25-32)49-42-22-12-10-20-36(42)38-28-29-39-37-21-11-13-23-43(37)50(45(39)44(38)49)46-47-40(33-16-6-2-7-17-33)30-41(48-46)34-18-8-3-9-19-34/h1-30H. The van der Waals surface area contributed by atoms with E-state index in [0.717, 1.165) is 61.0 Å². The predicted molar refractivity (Wildman–Crippen MR) is 207 cm³/mol. The quantitative estimate of drug-likeness (QED) is 0.188. The molecule has 0 saturated carbocycles. The second-order valence-electron chi connectivity index (χ2n) is 12.6. The Morgan fingerprint density at radius 3 is 1.28 bits per heavy atom. The van der Waals surface area contributed by atoms with E-state index in [-0.39, 0.29) is 0 Å². The van der Waals surface area contributed by atoms with Crippen LogP contribution in [0.15, 0.2) is 182 Å². The molecule has 0 radical (unpaired) electrons. The van der Waals surface area contributed by atoms with Gasteiger partial charge in [0, 0.05) is 38.4 Å². The van der Waals surface area contributed by atoms with E-state index < -0.39 is 0 Å². The number of hydrogen-bond donors (Lipinski definition) is 0. The molecule has 0 amide bonds. The summed E-state index contributed by atoms with van der Waals surface area (Å²) in [6, 6.07) is 64.2. The number of rotatable bonds is 5. The first-order chi connectivity index (χ1) is 24.8. The van der Waals surface area contributed by atoms with Gasteiger partial charge in [-0.25, -0.2) is 9.97 Å². The molecule has 0 aliphatic rings. The first-order valence-corrected chi connectivity index (χ1v) is 16.9. The highest BCUT2D eigenvalue weighted by molar-refractivity contribution is 6.23. The highest BCUT2D eigenvalue weighted by Gasteiger charge is 2.23. The minimum absolute atomic E-state index is 0.639. The number of fused-ring (bicyclic) bond motifs is 7. The van der Waals surface area contributed by atoms with Gasteiger partial charge in [0.15, 0.2) is 0 Å². The Morgan fingerprint density at radius 1 is 0.320 bits per heavy atom. The summed E-state index contributed by atoms with van der Waals surface area (Å²) in [7, 11) is 0. The largest absolute Gasteiger partial charge is 0.307 e. The lowest BCUT2D eigenvalue weighted by atomic mass is 10.1. The highest BCUT2D eigenvalue weighted by atomic mass is 15.2. The molecule has 0 spiro atoms. The van der Waals surface area contributed by atoms with Crippen LogP contribution in [0.4, 0.5) is 0 Å². The summed E-state index contributed by atoms with van der Waals surface area (Å²) in [5.41, 5.74) is 11.8. The fraction of sp³-hybridized carbons (Fsp3) is 0. The van der Waals surface area contributed by atoms with Crippen LogP contribution < -0.4 is 0 Å². The molecule has 10 aromatic rings. The highest BCUT2D eigenvalue weighted by Crippen LogP contribution is 2.42. The van der Waals surface area contributed by atoms with Crippen LogP contribution in [0.2, 0.25) is 0 Å². The lowest BCUT2D eigenvalue weighted by Crippen LogP contribution is -2.05. The molecule has 0 unspecified atom stereocenters. The smallest absolute Gasteiger partial charge is 0.235 e.